The smallest absolute Gasteiger partial charge is 0.184 e. The minimum Gasteiger partial charge on any atom is -0.381 e. The third kappa shape index (κ3) is 2.16. The Kier molecular flexibility index (Phi) is 3.19. The molecular formula is C17H18N6O. The fourth-order valence-corrected chi connectivity index (χ4v) is 3.56. The van der Waals surface area contributed by atoms with Crippen LogP contribution in [0.5, 0.6) is 0 Å². The molecule has 0 amide bonds. The number of H-pyrrole nitrogens is 1. The van der Waals surface area contributed by atoms with Gasteiger partial charge in [0.2, 0.25) is 0 Å². The molecule has 7 heteroatoms. The Hall–Kier alpha value is -2.54. The van der Waals surface area contributed by atoms with Crippen LogP contribution in [0.25, 0.3) is 17.2 Å². The third-order valence-corrected chi connectivity index (χ3v) is 4.83. The summed E-state index contributed by atoms with van der Waals surface area (Å²) in [5.74, 6) is 1.89. The van der Waals surface area contributed by atoms with Crippen molar-refractivity contribution >= 4 is 0 Å². The van der Waals surface area contributed by atoms with Gasteiger partial charge in [0, 0.05) is 30.0 Å². The molecule has 0 bridgehead atoms. The second kappa shape index (κ2) is 5.52. The van der Waals surface area contributed by atoms with Crippen molar-refractivity contribution in [3.05, 3.63) is 41.6 Å². The standard InChI is InChI=1S/C17H18N6O/c1-4-13-14(5-1)20-21-15(13)17-19-16(11-6-8-24-10-11)22-23(17)12-3-2-7-18-9-12/h2-3,7,9,11H,1,4-6,8,10H2,(H,20,21)/t11-/m1/s1. The van der Waals surface area contributed by atoms with Crippen molar-refractivity contribution in [2.75, 3.05) is 13.2 Å². The average molecular weight is 322 g/mol. The SMILES string of the molecule is c1cncc(-n2nc([C@@H]3CCOC3)nc2-c2n[nH]c3c2CCC3)c1. The van der Waals surface area contributed by atoms with Crippen LogP contribution in [0, 0.1) is 0 Å². The molecule has 1 aliphatic carbocycles. The van der Waals surface area contributed by atoms with Gasteiger partial charge in [-0.3, -0.25) is 10.1 Å². The lowest BCUT2D eigenvalue weighted by atomic mass is 10.1. The van der Waals surface area contributed by atoms with E-state index in [1.54, 1.807) is 12.4 Å². The molecular weight excluding hydrogens is 304 g/mol. The van der Waals surface area contributed by atoms with Crippen LogP contribution >= 0.6 is 0 Å². The molecule has 1 saturated heterocycles. The van der Waals surface area contributed by atoms with Gasteiger partial charge in [-0.1, -0.05) is 0 Å². The number of pyridine rings is 1. The van der Waals surface area contributed by atoms with Crippen molar-refractivity contribution in [1.29, 1.82) is 0 Å². The molecule has 0 unspecified atom stereocenters. The Morgan fingerprint density at radius 2 is 2.29 bits per heavy atom. The van der Waals surface area contributed by atoms with Crippen molar-refractivity contribution in [2.45, 2.75) is 31.6 Å². The second-order valence-electron chi connectivity index (χ2n) is 6.36. The topological polar surface area (TPSA) is 81.5 Å². The molecule has 1 fully saturated rings. The van der Waals surface area contributed by atoms with Crippen LogP contribution in [-0.4, -0.2) is 43.2 Å². The molecule has 122 valence electrons. The second-order valence-corrected chi connectivity index (χ2v) is 6.36. The number of nitrogens with zero attached hydrogens (tertiary/aromatic N) is 5. The zero-order valence-electron chi connectivity index (χ0n) is 13.3. The van der Waals surface area contributed by atoms with Gasteiger partial charge >= 0.3 is 0 Å². The molecule has 0 aromatic carbocycles. The maximum Gasteiger partial charge on any atom is 0.184 e. The van der Waals surface area contributed by atoms with Gasteiger partial charge in [-0.15, -0.1) is 0 Å². The molecule has 4 heterocycles. The van der Waals surface area contributed by atoms with Crippen LogP contribution in [0.4, 0.5) is 0 Å². The van der Waals surface area contributed by atoms with Crippen LogP contribution in [-0.2, 0) is 17.6 Å². The summed E-state index contributed by atoms with van der Waals surface area (Å²) < 4.78 is 7.38. The molecule has 5 rings (SSSR count). The minimum atomic E-state index is 0.258. The van der Waals surface area contributed by atoms with Crippen LogP contribution in [0.3, 0.4) is 0 Å². The number of fused-ring (bicyclic) bond motifs is 1. The number of hydrogen-bond acceptors (Lipinski definition) is 5. The number of rotatable bonds is 3. The monoisotopic (exact) mass is 322 g/mol. The molecule has 1 atom stereocenters. The zero-order valence-corrected chi connectivity index (χ0v) is 13.3. The summed E-state index contributed by atoms with van der Waals surface area (Å²) >= 11 is 0. The summed E-state index contributed by atoms with van der Waals surface area (Å²) in [5.41, 5.74) is 4.34. The lowest BCUT2D eigenvalue weighted by molar-refractivity contribution is 0.193. The van der Waals surface area contributed by atoms with Crippen LogP contribution < -0.4 is 0 Å². The Morgan fingerprint density at radius 1 is 1.29 bits per heavy atom. The molecule has 1 N–H and O–H groups in total. The lowest BCUT2D eigenvalue weighted by Gasteiger charge is -2.04. The van der Waals surface area contributed by atoms with Crippen molar-refractivity contribution in [2.24, 2.45) is 0 Å². The summed E-state index contributed by atoms with van der Waals surface area (Å²) in [6.45, 7) is 1.47. The van der Waals surface area contributed by atoms with Crippen molar-refractivity contribution < 1.29 is 4.74 Å². The van der Waals surface area contributed by atoms with Gasteiger partial charge in [0.15, 0.2) is 11.6 Å². The highest BCUT2D eigenvalue weighted by atomic mass is 16.5. The van der Waals surface area contributed by atoms with Crippen LogP contribution in [0.2, 0.25) is 0 Å². The first-order valence-corrected chi connectivity index (χ1v) is 8.42. The molecule has 0 saturated carbocycles. The van der Waals surface area contributed by atoms with Gasteiger partial charge in [-0.2, -0.15) is 10.2 Å². The van der Waals surface area contributed by atoms with Gasteiger partial charge in [-0.05, 0) is 37.8 Å². The highest BCUT2D eigenvalue weighted by molar-refractivity contribution is 5.60. The molecule has 0 radical (unpaired) electrons. The number of hydrogen-bond donors (Lipinski definition) is 1. The van der Waals surface area contributed by atoms with Gasteiger partial charge in [-0.25, -0.2) is 9.67 Å². The lowest BCUT2D eigenvalue weighted by Crippen LogP contribution is -2.03. The fraction of sp³-hybridized carbons (Fsp3) is 0.412. The Balaban J connectivity index is 1.66. The molecule has 24 heavy (non-hydrogen) atoms. The molecule has 0 spiro atoms. The van der Waals surface area contributed by atoms with Gasteiger partial charge in [0.1, 0.15) is 5.69 Å². The highest BCUT2D eigenvalue weighted by Crippen LogP contribution is 2.32. The van der Waals surface area contributed by atoms with Crippen LogP contribution in [0.15, 0.2) is 24.5 Å². The van der Waals surface area contributed by atoms with E-state index in [1.165, 1.54) is 17.7 Å². The Morgan fingerprint density at radius 3 is 3.12 bits per heavy atom. The van der Waals surface area contributed by atoms with Gasteiger partial charge < -0.3 is 4.74 Å². The fourth-order valence-electron chi connectivity index (χ4n) is 3.56. The Bertz CT molecular complexity index is 863. The van der Waals surface area contributed by atoms with Crippen molar-refractivity contribution in [1.82, 2.24) is 29.9 Å². The predicted octanol–water partition coefficient (Wildman–Crippen LogP) is 2.04. The quantitative estimate of drug-likeness (QED) is 0.798. The van der Waals surface area contributed by atoms with Crippen LogP contribution in [0.1, 0.15) is 35.8 Å². The Labute approximate surface area is 139 Å². The minimum absolute atomic E-state index is 0.258. The number of aryl methyl sites for hydroxylation is 1. The van der Waals surface area contributed by atoms with E-state index in [4.69, 9.17) is 14.8 Å². The van der Waals surface area contributed by atoms with E-state index < -0.39 is 0 Å². The van der Waals surface area contributed by atoms with E-state index in [2.05, 4.69) is 15.2 Å². The first-order valence-electron chi connectivity index (χ1n) is 8.42. The molecule has 2 aliphatic rings. The van der Waals surface area contributed by atoms with Crippen molar-refractivity contribution in [3.63, 3.8) is 0 Å². The largest absolute Gasteiger partial charge is 0.381 e. The van der Waals surface area contributed by atoms with E-state index in [0.29, 0.717) is 6.61 Å². The van der Waals surface area contributed by atoms with Gasteiger partial charge in [0.25, 0.3) is 0 Å². The summed E-state index contributed by atoms with van der Waals surface area (Å²) in [6.07, 6.45) is 7.81. The van der Waals surface area contributed by atoms with E-state index in [9.17, 15) is 0 Å². The average Bonchev–Trinajstić information content (AvgIpc) is 3.37. The van der Waals surface area contributed by atoms with Crippen molar-refractivity contribution in [3.8, 4) is 17.2 Å². The predicted molar refractivity (Wildman–Crippen MR) is 86.9 cm³/mol. The summed E-state index contributed by atoms with van der Waals surface area (Å²) in [7, 11) is 0. The first kappa shape index (κ1) is 13.9. The molecule has 7 nitrogen and oxygen atoms in total. The van der Waals surface area contributed by atoms with E-state index in [-0.39, 0.29) is 5.92 Å². The maximum atomic E-state index is 5.51. The molecule has 3 aromatic rings. The number of aromatic nitrogens is 6. The summed E-state index contributed by atoms with van der Waals surface area (Å²) in [5, 5.41) is 12.5. The molecule has 3 aromatic heterocycles. The number of nitrogens with one attached hydrogen (secondary N) is 1. The highest BCUT2D eigenvalue weighted by Gasteiger charge is 2.28. The number of aromatic amines is 1. The normalized spacial score (nSPS) is 19.8. The van der Waals surface area contributed by atoms with Gasteiger partial charge in [0.05, 0.1) is 18.5 Å². The van der Waals surface area contributed by atoms with E-state index in [0.717, 1.165) is 48.9 Å². The molecule has 1 aliphatic heterocycles. The first-order chi connectivity index (χ1) is 11.9. The summed E-state index contributed by atoms with van der Waals surface area (Å²) in [6, 6.07) is 3.90. The third-order valence-electron chi connectivity index (χ3n) is 4.83. The number of ether oxygens (including phenoxy) is 1. The summed E-state index contributed by atoms with van der Waals surface area (Å²) in [4.78, 5) is 9.07. The van der Waals surface area contributed by atoms with E-state index in [1.807, 2.05) is 16.8 Å². The zero-order chi connectivity index (χ0) is 15.9. The maximum absolute atomic E-state index is 5.51. The van der Waals surface area contributed by atoms with E-state index >= 15 is 0 Å².